The minimum Gasteiger partial charge on any atom is -0.450 e. The average molecular weight is 814 g/mol. The molecule has 4 amide bonds. The summed E-state index contributed by atoms with van der Waals surface area (Å²) in [5.74, 6) is 0.990. The molecule has 0 aliphatic carbocycles. The molecular formula is C43H72FN9O5. The number of likely N-dealkylation sites (tertiary alicyclic amines) is 2. The van der Waals surface area contributed by atoms with Gasteiger partial charge in [0.15, 0.2) is 11.6 Å². The molecule has 326 valence electrons. The van der Waals surface area contributed by atoms with Gasteiger partial charge in [-0.15, -0.1) is 0 Å². The molecule has 58 heavy (non-hydrogen) atoms. The van der Waals surface area contributed by atoms with Crippen molar-refractivity contribution in [3.8, 4) is 0 Å². The largest absolute Gasteiger partial charge is 0.450 e. The van der Waals surface area contributed by atoms with E-state index in [2.05, 4.69) is 44.3 Å². The van der Waals surface area contributed by atoms with Crippen LogP contribution >= 0.6 is 0 Å². The number of carbonyl (C=O) groups is 4. The molecule has 2 aromatic rings. The van der Waals surface area contributed by atoms with Crippen LogP contribution < -0.4 is 15.5 Å². The van der Waals surface area contributed by atoms with Crippen LogP contribution in [0.15, 0.2) is 18.5 Å². The van der Waals surface area contributed by atoms with Crippen molar-refractivity contribution in [1.82, 2.24) is 35.0 Å². The van der Waals surface area contributed by atoms with E-state index in [4.69, 9.17) is 4.74 Å². The van der Waals surface area contributed by atoms with Gasteiger partial charge in [-0.25, -0.2) is 24.1 Å². The Morgan fingerprint density at radius 3 is 2.07 bits per heavy atom. The lowest BCUT2D eigenvalue weighted by atomic mass is 9.79. The summed E-state index contributed by atoms with van der Waals surface area (Å²) in [6.07, 6.45) is 8.76. The van der Waals surface area contributed by atoms with Gasteiger partial charge in [0.1, 0.15) is 11.9 Å². The molecular weight excluding hydrogens is 742 g/mol. The fraction of sp³-hybridized carbons (Fsp3) is 0.698. The van der Waals surface area contributed by atoms with Gasteiger partial charge < -0.3 is 24.8 Å². The van der Waals surface area contributed by atoms with E-state index in [9.17, 15) is 23.6 Å². The molecule has 1 unspecified atom stereocenters. The van der Waals surface area contributed by atoms with E-state index < -0.39 is 17.8 Å². The molecule has 2 N–H and O–H groups in total. The van der Waals surface area contributed by atoms with Crippen LogP contribution in [0.3, 0.4) is 0 Å². The van der Waals surface area contributed by atoms with Crippen LogP contribution in [-0.4, -0.2) is 125 Å². The maximum atomic E-state index is 14.9. The quantitative estimate of drug-likeness (QED) is 0.216. The van der Waals surface area contributed by atoms with Gasteiger partial charge in [-0.2, -0.15) is 0 Å². The van der Waals surface area contributed by atoms with Gasteiger partial charge in [0.05, 0.1) is 18.5 Å². The molecule has 4 saturated heterocycles. The Labute approximate surface area is 347 Å². The molecule has 0 spiro atoms. The van der Waals surface area contributed by atoms with E-state index in [0.29, 0.717) is 49.5 Å². The fourth-order valence-corrected chi connectivity index (χ4v) is 7.82. The third-order valence-corrected chi connectivity index (χ3v) is 11.1. The molecule has 6 rings (SSSR count). The van der Waals surface area contributed by atoms with Crippen molar-refractivity contribution in [2.75, 3.05) is 69.2 Å². The van der Waals surface area contributed by atoms with Crippen LogP contribution in [0.4, 0.5) is 20.7 Å². The molecule has 4 aliphatic rings. The van der Waals surface area contributed by atoms with E-state index in [1.807, 2.05) is 78.3 Å². The zero-order valence-electron chi connectivity index (χ0n) is 37.2. The number of anilines is 2. The monoisotopic (exact) mass is 814 g/mol. The van der Waals surface area contributed by atoms with Crippen LogP contribution in [0.1, 0.15) is 124 Å². The molecule has 0 aromatic carbocycles. The van der Waals surface area contributed by atoms with E-state index >= 15 is 0 Å². The highest BCUT2D eigenvalue weighted by Gasteiger charge is 2.39. The van der Waals surface area contributed by atoms with Crippen molar-refractivity contribution in [1.29, 1.82) is 0 Å². The second-order valence-corrected chi connectivity index (χ2v) is 14.6. The van der Waals surface area contributed by atoms with Crippen molar-refractivity contribution in [3.05, 3.63) is 41.4 Å². The molecule has 4 fully saturated rings. The molecule has 4 aliphatic heterocycles. The van der Waals surface area contributed by atoms with Gasteiger partial charge in [-0.1, -0.05) is 41.5 Å². The van der Waals surface area contributed by atoms with E-state index in [-0.39, 0.29) is 24.0 Å². The number of nitrogens with one attached hydrogen (secondary N) is 2. The number of nitrogens with zero attached hydrogens (tertiary/aromatic N) is 7. The Bertz CT molecular complexity index is 1570. The highest BCUT2D eigenvalue weighted by Crippen LogP contribution is 2.34. The first-order valence-electron chi connectivity index (χ1n) is 21.6. The van der Waals surface area contributed by atoms with Crippen LogP contribution in [-0.2, 0) is 19.1 Å². The van der Waals surface area contributed by atoms with Gasteiger partial charge >= 0.3 is 6.09 Å². The molecule has 1 atom stereocenters. The number of pyridine rings is 1. The molecule has 0 bridgehead atoms. The SMILES string of the molecule is CC.CC.CC.CC(C)(C1CCN(C=O)CC1)N1CCN(c2ncc(NC3CCC(=O)NC3=O)cc2F)CC1.CCOC(=O)N1CCC(c2cnc(C)nc2C)CC1. The number of piperazine rings is 1. The van der Waals surface area contributed by atoms with Crippen molar-refractivity contribution in [2.24, 2.45) is 5.92 Å². The number of hydrogen-bond donors (Lipinski definition) is 2. The van der Waals surface area contributed by atoms with Gasteiger partial charge in [-0.05, 0) is 84.1 Å². The van der Waals surface area contributed by atoms with Crippen molar-refractivity contribution < 1.29 is 28.3 Å². The number of piperidine rings is 3. The molecule has 0 saturated carbocycles. The van der Waals surface area contributed by atoms with E-state index in [0.717, 1.165) is 82.9 Å². The summed E-state index contributed by atoms with van der Waals surface area (Å²) in [6.45, 7) is 28.9. The first-order chi connectivity index (χ1) is 27.9. The first kappa shape index (κ1) is 49.7. The second-order valence-electron chi connectivity index (χ2n) is 14.6. The maximum Gasteiger partial charge on any atom is 0.409 e. The smallest absolute Gasteiger partial charge is 0.409 e. The van der Waals surface area contributed by atoms with Crippen molar-refractivity contribution in [2.45, 2.75) is 132 Å². The Morgan fingerprint density at radius 2 is 1.53 bits per heavy atom. The summed E-state index contributed by atoms with van der Waals surface area (Å²) in [7, 11) is 0. The number of rotatable bonds is 8. The predicted molar refractivity (Wildman–Crippen MR) is 228 cm³/mol. The first-order valence-corrected chi connectivity index (χ1v) is 21.6. The Kier molecular flexibility index (Phi) is 21.6. The van der Waals surface area contributed by atoms with Gasteiger partial charge in [0, 0.05) is 82.3 Å². The second kappa shape index (κ2) is 25.2. The van der Waals surface area contributed by atoms with Crippen LogP contribution in [0.2, 0.25) is 0 Å². The van der Waals surface area contributed by atoms with Crippen LogP contribution in [0.5, 0.6) is 0 Å². The summed E-state index contributed by atoms with van der Waals surface area (Å²) in [4.78, 5) is 67.0. The summed E-state index contributed by atoms with van der Waals surface area (Å²) in [5.41, 5.74) is 2.71. The van der Waals surface area contributed by atoms with Gasteiger partial charge in [-0.3, -0.25) is 24.6 Å². The van der Waals surface area contributed by atoms with Crippen molar-refractivity contribution >= 4 is 35.8 Å². The summed E-state index contributed by atoms with van der Waals surface area (Å²) >= 11 is 0. The summed E-state index contributed by atoms with van der Waals surface area (Å²) in [5, 5.41) is 5.26. The number of carbonyl (C=O) groups excluding carboxylic acids is 4. The summed E-state index contributed by atoms with van der Waals surface area (Å²) < 4.78 is 19.9. The number of amides is 4. The molecule has 0 radical (unpaired) electrons. The summed E-state index contributed by atoms with van der Waals surface area (Å²) in [6, 6.07) is 0.794. The van der Waals surface area contributed by atoms with Crippen LogP contribution in [0, 0.1) is 25.6 Å². The highest BCUT2D eigenvalue weighted by atomic mass is 19.1. The number of imide groups is 1. The Balaban J connectivity index is 0.000000395. The maximum absolute atomic E-state index is 14.9. The fourth-order valence-electron chi connectivity index (χ4n) is 7.82. The predicted octanol–water partition coefficient (Wildman–Crippen LogP) is 6.71. The Hall–Kier alpha value is -4.40. The number of ether oxygens (including phenoxy) is 1. The third-order valence-electron chi connectivity index (χ3n) is 11.1. The normalized spacial score (nSPS) is 19.0. The van der Waals surface area contributed by atoms with E-state index in [1.165, 1.54) is 11.6 Å². The third kappa shape index (κ3) is 13.9. The minimum atomic E-state index is -0.570. The van der Waals surface area contributed by atoms with Gasteiger partial charge in [0.2, 0.25) is 18.2 Å². The lowest BCUT2D eigenvalue weighted by Crippen LogP contribution is -2.59. The number of halogens is 1. The Morgan fingerprint density at radius 1 is 0.914 bits per heavy atom. The zero-order valence-corrected chi connectivity index (χ0v) is 37.2. The number of aromatic nitrogens is 3. The van der Waals surface area contributed by atoms with E-state index in [1.54, 1.807) is 11.1 Å². The zero-order chi connectivity index (χ0) is 43.4. The average Bonchev–Trinajstić information content (AvgIpc) is 3.24. The number of hydrogen-bond acceptors (Lipinski definition) is 11. The standard InChI is InChI=1S/C23H33FN6O3.C14H21N3O2.3C2H6/c1-23(2,16-5-7-28(15-31)8-6-16)30-11-9-29(10-12-30)21-18(24)13-17(14-25-21)26-19-3-4-20(32)27-22(19)33;1-4-19-14(18)17-7-5-12(6-8-17)13-9-15-11(3)16-10(13)2;3*1-2/h13-16,19,26H,3-12H2,1-2H3,(H,27,32,33);9,12H,4-8H2,1-3H3;3*1-2H3. The molecule has 14 nitrogen and oxygen atoms in total. The molecule has 6 heterocycles. The lowest BCUT2D eigenvalue weighted by molar-refractivity contribution is -0.133. The van der Waals surface area contributed by atoms with Gasteiger partial charge in [0.25, 0.3) is 0 Å². The van der Waals surface area contributed by atoms with Crippen molar-refractivity contribution in [3.63, 3.8) is 0 Å². The minimum absolute atomic E-state index is 0.0166. The number of aryl methyl sites for hydroxylation is 2. The topological polar surface area (TPSA) is 153 Å². The molecule has 2 aromatic heterocycles. The molecule has 15 heteroatoms. The van der Waals surface area contributed by atoms with Crippen LogP contribution in [0.25, 0.3) is 0 Å². The lowest BCUT2D eigenvalue weighted by Gasteiger charge is -2.50. The highest BCUT2D eigenvalue weighted by molar-refractivity contribution is 6.01.